The number of ether oxygens (including phenoxy) is 1. The number of imidazole rings is 1. The SMILES string of the molecule is COc1cn2ccsc2n1. The van der Waals surface area contributed by atoms with Gasteiger partial charge in [-0.15, -0.1) is 11.3 Å². The third-order valence-corrected chi connectivity index (χ3v) is 2.05. The van der Waals surface area contributed by atoms with Gasteiger partial charge in [0.1, 0.15) is 0 Å². The number of hydrogen-bond donors (Lipinski definition) is 0. The van der Waals surface area contributed by atoms with Crippen LogP contribution in [0.15, 0.2) is 17.8 Å². The van der Waals surface area contributed by atoms with E-state index in [2.05, 4.69) is 4.98 Å². The predicted octanol–water partition coefficient (Wildman–Crippen LogP) is 1.40. The number of rotatable bonds is 1. The van der Waals surface area contributed by atoms with E-state index < -0.39 is 0 Å². The molecule has 0 aliphatic heterocycles. The van der Waals surface area contributed by atoms with Crippen molar-refractivity contribution in [3.63, 3.8) is 0 Å². The Balaban J connectivity index is 2.67. The van der Waals surface area contributed by atoms with Crippen molar-refractivity contribution in [3.8, 4) is 5.88 Å². The summed E-state index contributed by atoms with van der Waals surface area (Å²) in [6.07, 6.45) is 3.81. The molecule has 0 aliphatic carbocycles. The number of methoxy groups -OCH3 is 1. The molecule has 0 atom stereocenters. The fourth-order valence-electron chi connectivity index (χ4n) is 0.804. The summed E-state index contributed by atoms with van der Waals surface area (Å²) >= 11 is 1.60. The maximum atomic E-state index is 4.93. The standard InChI is InChI=1S/C6H6N2OS/c1-9-5-4-8-2-3-10-6(8)7-5/h2-4H,1H3. The fourth-order valence-corrected chi connectivity index (χ4v) is 1.50. The van der Waals surface area contributed by atoms with E-state index in [1.54, 1.807) is 18.4 Å². The highest BCUT2D eigenvalue weighted by Gasteiger charge is 1.99. The van der Waals surface area contributed by atoms with Gasteiger partial charge in [-0.3, -0.25) is 4.40 Å². The zero-order valence-electron chi connectivity index (χ0n) is 5.44. The first kappa shape index (κ1) is 5.73. The van der Waals surface area contributed by atoms with Gasteiger partial charge in [-0.1, -0.05) is 0 Å². The Bertz CT molecular complexity index is 309. The van der Waals surface area contributed by atoms with Crippen molar-refractivity contribution in [2.75, 3.05) is 7.11 Å². The van der Waals surface area contributed by atoms with Crippen molar-refractivity contribution in [3.05, 3.63) is 17.8 Å². The molecule has 52 valence electrons. The van der Waals surface area contributed by atoms with Gasteiger partial charge in [0.25, 0.3) is 0 Å². The van der Waals surface area contributed by atoms with Gasteiger partial charge in [0.2, 0.25) is 5.88 Å². The highest BCUT2D eigenvalue weighted by Crippen LogP contribution is 2.15. The van der Waals surface area contributed by atoms with Crippen molar-refractivity contribution in [2.45, 2.75) is 0 Å². The van der Waals surface area contributed by atoms with E-state index in [9.17, 15) is 0 Å². The van der Waals surface area contributed by atoms with Gasteiger partial charge in [0.05, 0.1) is 13.3 Å². The van der Waals surface area contributed by atoms with Crippen LogP contribution in [0.25, 0.3) is 4.96 Å². The lowest BCUT2D eigenvalue weighted by Gasteiger charge is -1.85. The number of nitrogens with zero attached hydrogens (tertiary/aromatic N) is 2. The molecular weight excluding hydrogens is 148 g/mol. The lowest BCUT2D eigenvalue weighted by Crippen LogP contribution is -1.79. The van der Waals surface area contributed by atoms with E-state index >= 15 is 0 Å². The molecule has 0 saturated carbocycles. The Kier molecular flexibility index (Phi) is 1.14. The average Bonchev–Trinajstić information content (AvgIpc) is 2.42. The Morgan fingerprint density at radius 2 is 2.60 bits per heavy atom. The molecule has 0 saturated heterocycles. The number of thiazole rings is 1. The molecule has 0 N–H and O–H groups in total. The van der Waals surface area contributed by atoms with Gasteiger partial charge in [-0.05, 0) is 0 Å². The van der Waals surface area contributed by atoms with Crippen molar-refractivity contribution in [1.82, 2.24) is 9.38 Å². The van der Waals surface area contributed by atoms with Crippen LogP contribution >= 0.6 is 11.3 Å². The third kappa shape index (κ3) is 0.690. The topological polar surface area (TPSA) is 26.5 Å². The van der Waals surface area contributed by atoms with Crippen LogP contribution in [0.1, 0.15) is 0 Å². The second kappa shape index (κ2) is 1.98. The van der Waals surface area contributed by atoms with Crippen LogP contribution in [0.2, 0.25) is 0 Å². The zero-order valence-corrected chi connectivity index (χ0v) is 6.26. The Morgan fingerprint density at radius 3 is 3.30 bits per heavy atom. The summed E-state index contributed by atoms with van der Waals surface area (Å²) in [5.74, 6) is 0.673. The van der Waals surface area contributed by atoms with Gasteiger partial charge in [0.15, 0.2) is 4.96 Å². The summed E-state index contributed by atoms with van der Waals surface area (Å²) in [5, 5.41) is 1.99. The highest BCUT2D eigenvalue weighted by atomic mass is 32.1. The number of fused-ring (bicyclic) bond motifs is 1. The van der Waals surface area contributed by atoms with Crippen LogP contribution in [0, 0.1) is 0 Å². The van der Waals surface area contributed by atoms with Crippen LogP contribution in [0.5, 0.6) is 5.88 Å². The molecule has 2 aromatic heterocycles. The Hall–Kier alpha value is -1.03. The fraction of sp³-hybridized carbons (Fsp3) is 0.167. The molecule has 0 fully saturated rings. The minimum atomic E-state index is 0.673. The summed E-state index contributed by atoms with van der Waals surface area (Å²) in [4.78, 5) is 5.12. The molecule has 10 heavy (non-hydrogen) atoms. The van der Waals surface area contributed by atoms with Crippen molar-refractivity contribution >= 4 is 16.3 Å². The van der Waals surface area contributed by atoms with Crippen LogP contribution in [-0.2, 0) is 0 Å². The largest absolute Gasteiger partial charge is 0.480 e. The van der Waals surface area contributed by atoms with Crippen LogP contribution in [0.4, 0.5) is 0 Å². The lowest BCUT2D eigenvalue weighted by atomic mass is 10.8. The first-order valence-corrected chi connectivity index (χ1v) is 3.74. The molecular formula is C6H6N2OS. The third-order valence-electron chi connectivity index (χ3n) is 1.28. The van der Waals surface area contributed by atoms with Gasteiger partial charge in [-0.2, -0.15) is 4.98 Å². The minimum absolute atomic E-state index is 0.673. The molecule has 0 amide bonds. The molecule has 0 bridgehead atoms. The van der Waals surface area contributed by atoms with E-state index in [1.807, 2.05) is 22.2 Å². The molecule has 0 radical (unpaired) electrons. The lowest BCUT2D eigenvalue weighted by molar-refractivity contribution is 0.400. The minimum Gasteiger partial charge on any atom is -0.480 e. The Morgan fingerprint density at radius 1 is 1.70 bits per heavy atom. The van der Waals surface area contributed by atoms with E-state index in [-0.39, 0.29) is 0 Å². The van der Waals surface area contributed by atoms with E-state index in [1.165, 1.54) is 0 Å². The van der Waals surface area contributed by atoms with Crippen LogP contribution in [-0.4, -0.2) is 16.5 Å². The van der Waals surface area contributed by atoms with Crippen molar-refractivity contribution in [1.29, 1.82) is 0 Å². The molecule has 2 aromatic rings. The van der Waals surface area contributed by atoms with Crippen LogP contribution in [0.3, 0.4) is 0 Å². The zero-order chi connectivity index (χ0) is 6.97. The maximum Gasteiger partial charge on any atom is 0.233 e. The van der Waals surface area contributed by atoms with Gasteiger partial charge >= 0.3 is 0 Å². The molecule has 2 heterocycles. The summed E-state index contributed by atoms with van der Waals surface area (Å²) in [7, 11) is 1.62. The normalized spacial score (nSPS) is 10.5. The summed E-state index contributed by atoms with van der Waals surface area (Å²) in [5.41, 5.74) is 0. The predicted molar refractivity (Wildman–Crippen MR) is 39.6 cm³/mol. The van der Waals surface area contributed by atoms with E-state index in [0.717, 1.165) is 4.96 Å². The van der Waals surface area contributed by atoms with Crippen LogP contribution < -0.4 is 4.74 Å². The quantitative estimate of drug-likeness (QED) is 0.620. The first-order chi connectivity index (χ1) is 4.90. The molecule has 0 unspecified atom stereocenters. The summed E-state index contributed by atoms with van der Waals surface area (Å²) < 4.78 is 6.87. The molecule has 3 nitrogen and oxygen atoms in total. The highest BCUT2D eigenvalue weighted by molar-refractivity contribution is 7.15. The van der Waals surface area contributed by atoms with E-state index in [0.29, 0.717) is 5.88 Å². The smallest absolute Gasteiger partial charge is 0.233 e. The second-order valence-corrected chi connectivity index (χ2v) is 2.75. The van der Waals surface area contributed by atoms with Gasteiger partial charge < -0.3 is 4.74 Å². The van der Waals surface area contributed by atoms with Crippen molar-refractivity contribution in [2.24, 2.45) is 0 Å². The van der Waals surface area contributed by atoms with Crippen molar-refractivity contribution < 1.29 is 4.74 Å². The first-order valence-electron chi connectivity index (χ1n) is 2.86. The monoisotopic (exact) mass is 154 g/mol. The van der Waals surface area contributed by atoms with Gasteiger partial charge in [-0.25, -0.2) is 0 Å². The number of aromatic nitrogens is 2. The maximum absolute atomic E-state index is 4.93. The summed E-state index contributed by atoms with van der Waals surface area (Å²) in [6.45, 7) is 0. The second-order valence-electron chi connectivity index (χ2n) is 1.88. The molecule has 0 aliphatic rings. The Labute approximate surface area is 61.9 Å². The van der Waals surface area contributed by atoms with Gasteiger partial charge in [0, 0.05) is 11.6 Å². The molecule has 0 spiro atoms. The van der Waals surface area contributed by atoms with E-state index in [4.69, 9.17) is 4.74 Å². The molecule has 0 aromatic carbocycles. The molecule has 2 rings (SSSR count). The molecule has 4 heteroatoms. The number of hydrogen-bond acceptors (Lipinski definition) is 3. The summed E-state index contributed by atoms with van der Waals surface area (Å²) in [6, 6.07) is 0. The average molecular weight is 154 g/mol.